The fourth-order valence-electron chi connectivity index (χ4n) is 9.45. The third-order valence-electron chi connectivity index (χ3n) is 11.7. The number of hydrogen-bond acceptors (Lipinski definition) is 3. The summed E-state index contributed by atoms with van der Waals surface area (Å²) in [5, 5.41) is 3.19. The topological polar surface area (TPSA) is 49.4 Å². The Morgan fingerprint density at radius 2 is 1.64 bits per heavy atom. The zero-order valence-electron chi connectivity index (χ0n) is 25.7. The van der Waals surface area contributed by atoms with Crippen LogP contribution >= 0.6 is 0 Å². The molecule has 0 aromatic heterocycles. The third-order valence-corrected chi connectivity index (χ3v) is 11.7. The summed E-state index contributed by atoms with van der Waals surface area (Å²) in [4.78, 5) is 29.1. The lowest BCUT2D eigenvalue weighted by Gasteiger charge is -2.60. The van der Waals surface area contributed by atoms with Crippen LogP contribution in [-0.2, 0) is 15.8 Å². The number of likely N-dealkylation sites (tertiary alicyclic amines) is 1. The number of halogens is 4. The first kappa shape index (κ1) is 30.8. The monoisotopic (exact) mass is 610 g/mol. The maximum absolute atomic E-state index is 14.2. The summed E-state index contributed by atoms with van der Waals surface area (Å²) in [6.45, 7) is 8.61. The van der Waals surface area contributed by atoms with Crippen molar-refractivity contribution in [3.8, 4) is 0 Å². The number of amides is 1. The molecule has 2 saturated carbocycles. The number of allylic oxidation sites excluding steroid dienone is 2. The number of piperidine rings is 1. The average molecular weight is 611 g/mol. The number of fused-ring (bicyclic) bond motifs is 5. The van der Waals surface area contributed by atoms with E-state index in [0.717, 1.165) is 63.7 Å². The average Bonchev–Trinajstić information content (AvgIpc) is 3.34. The molecule has 3 aliphatic carbocycles. The van der Waals surface area contributed by atoms with E-state index in [2.05, 4.69) is 31.0 Å². The van der Waals surface area contributed by atoms with Crippen molar-refractivity contribution in [1.29, 1.82) is 0 Å². The summed E-state index contributed by atoms with van der Waals surface area (Å²) in [6.07, 6.45) is 3.53. The Labute approximate surface area is 257 Å². The number of benzene rings is 2. The summed E-state index contributed by atoms with van der Waals surface area (Å²) in [5.41, 5.74) is 1.34. The molecule has 4 aliphatic rings. The van der Waals surface area contributed by atoms with Crippen molar-refractivity contribution in [3.63, 3.8) is 0 Å². The summed E-state index contributed by atoms with van der Waals surface area (Å²) in [6, 6.07) is 9.91. The van der Waals surface area contributed by atoms with Crippen LogP contribution in [0.5, 0.6) is 0 Å². The number of carbonyl (C=O) groups is 2. The molecular weight excluding hydrogens is 568 g/mol. The molecule has 0 spiro atoms. The molecule has 4 nitrogen and oxygen atoms in total. The molecule has 44 heavy (non-hydrogen) atoms. The zero-order valence-corrected chi connectivity index (χ0v) is 25.7. The molecule has 1 N–H and O–H groups in total. The minimum atomic E-state index is -4.47. The standard InChI is InChI=1S/C36H42F4N2O2/c1-4-19-42-21-27-28-13-14-30(34(28,2)18-16-29(27)35(3)17-15-26(43)20-31(35)42)33(44)41-32(23-7-11-25(37)12-8-23)22-5-9-24(10-6-22)36(38,39)40/h5-12,20,27-30,32H,4,13-19,21H2,1-3H3,(H,41,44)/t27?,28?,29?,30?,32?,34-,35+/m0/s1. The van der Waals surface area contributed by atoms with Gasteiger partial charge < -0.3 is 10.2 Å². The molecule has 3 fully saturated rings. The minimum Gasteiger partial charge on any atom is -0.374 e. The molecule has 1 heterocycles. The van der Waals surface area contributed by atoms with Crippen LogP contribution in [0.25, 0.3) is 0 Å². The molecule has 8 heteroatoms. The molecule has 0 radical (unpaired) electrons. The van der Waals surface area contributed by atoms with E-state index in [0.29, 0.717) is 35.3 Å². The van der Waals surface area contributed by atoms with Crippen molar-refractivity contribution in [3.05, 3.63) is 82.8 Å². The highest BCUT2D eigenvalue weighted by molar-refractivity contribution is 5.91. The van der Waals surface area contributed by atoms with Crippen LogP contribution in [0.2, 0.25) is 0 Å². The maximum Gasteiger partial charge on any atom is 0.416 e. The first-order valence-electron chi connectivity index (χ1n) is 16.1. The fraction of sp³-hybridized carbons (Fsp3) is 0.556. The van der Waals surface area contributed by atoms with E-state index < -0.39 is 23.6 Å². The smallest absolute Gasteiger partial charge is 0.374 e. The zero-order chi connectivity index (χ0) is 31.4. The molecule has 7 atom stereocenters. The van der Waals surface area contributed by atoms with E-state index in [4.69, 9.17) is 0 Å². The van der Waals surface area contributed by atoms with Crippen molar-refractivity contribution in [2.75, 3.05) is 13.1 Å². The Hall–Kier alpha value is -3.16. The van der Waals surface area contributed by atoms with Crippen LogP contribution in [0.15, 0.2) is 60.3 Å². The lowest BCUT2D eigenvalue weighted by Crippen LogP contribution is -2.58. The van der Waals surface area contributed by atoms with Crippen LogP contribution in [0.1, 0.15) is 88.4 Å². The van der Waals surface area contributed by atoms with E-state index in [1.54, 1.807) is 12.1 Å². The number of nitrogens with one attached hydrogen (secondary N) is 1. The quantitative estimate of drug-likeness (QED) is 0.337. The van der Waals surface area contributed by atoms with Gasteiger partial charge in [-0.05, 0) is 97.1 Å². The Morgan fingerprint density at radius 3 is 2.27 bits per heavy atom. The predicted octanol–water partition coefficient (Wildman–Crippen LogP) is 8.09. The lowest BCUT2D eigenvalue weighted by atomic mass is 9.49. The largest absolute Gasteiger partial charge is 0.416 e. The molecule has 1 saturated heterocycles. The summed E-state index contributed by atoms with van der Waals surface area (Å²) in [7, 11) is 0. The van der Waals surface area contributed by atoms with Crippen molar-refractivity contribution >= 4 is 11.7 Å². The van der Waals surface area contributed by atoms with E-state index in [1.165, 1.54) is 30.0 Å². The van der Waals surface area contributed by atoms with Crippen molar-refractivity contribution in [2.24, 2.45) is 34.5 Å². The number of hydrogen-bond donors (Lipinski definition) is 1. The third kappa shape index (κ3) is 5.26. The second-order valence-corrected chi connectivity index (χ2v) is 14.0. The lowest BCUT2D eigenvalue weighted by molar-refractivity contribution is -0.137. The van der Waals surface area contributed by atoms with Gasteiger partial charge in [-0.25, -0.2) is 4.39 Å². The number of carbonyl (C=O) groups excluding carboxylic acids is 2. The Morgan fingerprint density at radius 1 is 0.977 bits per heavy atom. The number of rotatable bonds is 6. The van der Waals surface area contributed by atoms with Gasteiger partial charge in [0.25, 0.3) is 0 Å². The predicted molar refractivity (Wildman–Crippen MR) is 161 cm³/mol. The second-order valence-electron chi connectivity index (χ2n) is 14.0. The first-order chi connectivity index (χ1) is 20.8. The number of alkyl halides is 3. The molecule has 2 aromatic rings. The molecule has 0 bridgehead atoms. The van der Waals surface area contributed by atoms with Gasteiger partial charge in [0.15, 0.2) is 5.78 Å². The summed E-state index contributed by atoms with van der Waals surface area (Å²) in [5.74, 6) is 0.724. The molecule has 5 unspecified atom stereocenters. The molecule has 1 aliphatic heterocycles. The van der Waals surface area contributed by atoms with Crippen LogP contribution in [0, 0.1) is 40.3 Å². The normalized spacial score (nSPS) is 32.3. The molecular formula is C36H42F4N2O2. The highest BCUT2D eigenvalue weighted by Gasteiger charge is 2.61. The van der Waals surface area contributed by atoms with Gasteiger partial charge in [-0.2, -0.15) is 13.2 Å². The van der Waals surface area contributed by atoms with Gasteiger partial charge in [0.2, 0.25) is 5.91 Å². The van der Waals surface area contributed by atoms with Gasteiger partial charge >= 0.3 is 6.18 Å². The number of ketones is 1. The summed E-state index contributed by atoms with van der Waals surface area (Å²) < 4.78 is 53.7. The Kier molecular flexibility index (Phi) is 7.94. The van der Waals surface area contributed by atoms with Crippen molar-refractivity contribution < 1.29 is 27.2 Å². The SMILES string of the molecule is CCCN1CC2C3CCC(C(=O)NC(c4ccc(F)cc4)c4ccc(C(F)(F)F)cc4)[C@@]3(C)CCC2[C@@]2(C)CCC(=O)C=C12. The van der Waals surface area contributed by atoms with Gasteiger partial charge in [-0.1, -0.05) is 45.0 Å². The van der Waals surface area contributed by atoms with Gasteiger partial charge in [0.05, 0.1) is 11.6 Å². The Bertz CT molecular complexity index is 1440. The van der Waals surface area contributed by atoms with Gasteiger partial charge in [-0.3, -0.25) is 9.59 Å². The van der Waals surface area contributed by atoms with Gasteiger partial charge in [0, 0.05) is 42.6 Å². The maximum atomic E-state index is 14.2. The van der Waals surface area contributed by atoms with Crippen LogP contribution in [-0.4, -0.2) is 29.7 Å². The molecule has 236 valence electrons. The van der Waals surface area contributed by atoms with E-state index in [-0.39, 0.29) is 28.4 Å². The van der Waals surface area contributed by atoms with Crippen molar-refractivity contribution in [1.82, 2.24) is 10.2 Å². The van der Waals surface area contributed by atoms with Crippen LogP contribution in [0.4, 0.5) is 17.6 Å². The second kappa shape index (κ2) is 11.3. The highest BCUT2D eigenvalue weighted by Crippen LogP contribution is 2.65. The van der Waals surface area contributed by atoms with Gasteiger partial charge in [0.1, 0.15) is 5.82 Å². The van der Waals surface area contributed by atoms with E-state index in [1.807, 2.05) is 6.08 Å². The molecule has 6 rings (SSSR count). The van der Waals surface area contributed by atoms with E-state index in [9.17, 15) is 27.2 Å². The summed E-state index contributed by atoms with van der Waals surface area (Å²) >= 11 is 0. The van der Waals surface area contributed by atoms with Crippen LogP contribution in [0.3, 0.4) is 0 Å². The highest BCUT2D eigenvalue weighted by atomic mass is 19.4. The van der Waals surface area contributed by atoms with Gasteiger partial charge in [-0.15, -0.1) is 0 Å². The van der Waals surface area contributed by atoms with Crippen LogP contribution < -0.4 is 5.32 Å². The van der Waals surface area contributed by atoms with Crippen molar-refractivity contribution in [2.45, 2.75) is 77.9 Å². The molecule has 2 aromatic carbocycles. The minimum absolute atomic E-state index is 0.0378. The van der Waals surface area contributed by atoms with E-state index >= 15 is 0 Å². The molecule has 1 amide bonds. The Balaban J connectivity index is 1.27. The number of nitrogens with zero attached hydrogens (tertiary/aromatic N) is 1. The fourth-order valence-corrected chi connectivity index (χ4v) is 9.45. The first-order valence-corrected chi connectivity index (χ1v) is 16.1.